The topological polar surface area (TPSA) is 96.5 Å². The van der Waals surface area contributed by atoms with E-state index in [2.05, 4.69) is 20.7 Å². The molecular weight excluding hydrogens is 346 g/mol. The lowest BCUT2D eigenvalue weighted by molar-refractivity contribution is -0.140. The number of benzene rings is 1. The van der Waals surface area contributed by atoms with Crippen LogP contribution in [-0.4, -0.2) is 44.5 Å². The van der Waals surface area contributed by atoms with Gasteiger partial charge >= 0.3 is 5.97 Å². The van der Waals surface area contributed by atoms with Crippen molar-refractivity contribution < 1.29 is 19.1 Å². The Morgan fingerprint density at radius 2 is 1.80 bits per heavy atom. The third kappa shape index (κ3) is 6.72. The third-order valence-electron chi connectivity index (χ3n) is 3.97. The van der Waals surface area contributed by atoms with E-state index < -0.39 is 0 Å². The first-order valence-electron chi connectivity index (χ1n) is 8.07. The number of ether oxygens (including phenoxy) is 1. The Morgan fingerprint density at radius 1 is 1.16 bits per heavy atom. The summed E-state index contributed by atoms with van der Waals surface area (Å²) in [6.45, 7) is 1.95. The Morgan fingerprint density at radius 3 is 2.40 bits per heavy atom. The van der Waals surface area contributed by atoms with E-state index in [-0.39, 0.29) is 49.1 Å². The molecule has 1 saturated heterocycles. The molecule has 25 heavy (non-hydrogen) atoms. The van der Waals surface area contributed by atoms with Crippen LogP contribution >= 0.6 is 12.4 Å². The van der Waals surface area contributed by atoms with Crippen LogP contribution in [0.3, 0.4) is 0 Å². The van der Waals surface area contributed by atoms with Crippen molar-refractivity contribution >= 4 is 35.9 Å². The number of anilines is 1. The van der Waals surface area contributed by atoms with Gasteiger partial charge in [-0.05, 0) is 50.2 Å². The minimum Gasteiger partial charge on any atom is -0.469 e. The molecule has 0 spiro atoms. The highest BCUT2D eigenvalue weighted by atomic mass is 35.5. The standard InChI is InChI=1S/C17H23N3O4.ClH/c1-24-15(21)8-11-19-16(22)12-2-4-14(5-3-12)20-17(23)13-6-9-18-10-7-13;/h2-5,13,18H,6-11H2,1H3,(H,19,22)(H,20,23);1H. The van der Waals surface area contributed by atoms with Gasteiger partial charge < -0.3 is 20.7 Å². The zero-order valence-electron chi connectivity index (χ0n) is 14.2. The molecule has 1 aromatic rings. The fraction of sp³-hybridized carbons (Fsp3) is 0.471. The second-order valence-electron chi connectivity index (χ2n) is 5.67. The highest BCUT2D eigenvalue weighted by molar-refractivity contribution is 5.96. The van der Waals surface area contributed by atoms with Gasteiger partial charge in [0.25, 0.3) is 5.91 Å². The molecule has 2 rings (SSSR count). The van der Waals surface area contributed by atoms with Crippen LogP contribution in [-0.2, 0) is 14.3 Å². The number of hydrogen-bond acceptors (Lipinski definition) is 5. The highest BCUT2D eigenvalue weighted by Crippen LogP contribution is 2.16. The molecule has 1 aromatic carbocycles. The summed E-state index contributed by atoms with van der Waals surface area (Å²) in [5, 5.41) is 8.75. The van der Waals surface area contributed by atoms with Crippen molar-refractivity contribution in [1.82, 2.24) is 10.6 Å². The first-order valence-corrected chi connectivity index (χ1v) is 8.07. The number of nitrogens with one attached hydrogen (secondary N) is 3. The molecule has 0 unspecified atom stereocenters. The summed E-state index contributed by atoms with van der Waals surface area (Å²) < 4.78 is 4.51. The molecule has 3 N–H and O–H groups in total. The minimum atomic E-state index is -0.369. The first-order chi connectivity index (χ1) is 11.6. The van der Waals surface area contributed by atoms with Gasteiger partial charge in [-0.3, -0.25) is 14.4 Å². The molecule has 0 saturated carbocycles. The van der Waals surface area contributed by atoms with Crippen molar-refractivity contribution in [2.75, 3.05) is 32.1 Å². The number of carbonyl (C=O) groups is 3. The summed E-state index contributed by atoms with van der Waals surface area (Å²) in [5.74, 6) is -0.583. The smallest absolute Gasteiger partial charge is 0.307 e. The van der Waals surface area contributed by atoms with E-state index >= 15 is 0 Å². The van der Waals surface area contributed by atoms with Crippen molar-refractivity contribution in [3.63, 3.8) is 0 Å². The van der Waals surface area contributed by atoms with Crippen molar-refractivity contribution in [2.24, 2.45) is 5.92 Å². The summed E-state index contributed by atoms with van der Waals surface area (Å²) in [5.41, 5.74) is 1.14. The SMILES string of the molecule is COC(=O)CCNC(=O)c1ccc(NC(=O)C2CCNCC2)cc1.Cl. The maximum absolute atomic E-state index is 12.2. The van der Waals surface area contributed by atoms with Gasteiger partial charge in [-0.2, -0.15) is 0 Å². The number of amides is 2. The van der Waals surface area contributed by atoms with E-state index in [4.69, 9.17) is 0 Å². The molecule has 7 nitrogen and oxygen atoms in total. The third-order valence-corrected chi connectivity index (χ3v) is 3.97. The Balaban J connectivity index is 0.00000312. The molecule has 1 heterocycles. The number of esters is 1. The van der Waals surface area contributed by atoms with Crippen LogP contribution < -0.4 is 16.0 Å². The summed E-state index contributed by atoms with van der Waals surface area (Å²) in [6.07, 6.45) is 1.81. The quantitative estimate of drug-likeness (QED) is 0.657. The molecule has 0 aliphatic carbocycles. The van der Waals surface area contributed by atoms with Gasteiger partial charge in [-0.25, -0.2) is 0 Å². The summed E-state index contributed by atoms with van der Waals surface area (Å²) in [4.78, 5) is 35.1. The molecule has 0 radical (unpaired) electrons. The molecule has 2 amide bonds. The average molecular weight is 370 g/mol. The lowest BCUT2D eigenvalue weighted by Crippen LogP contribution is -2.34. The number of hydrogen-bond donors (Lipinski definition) is 3. The fourth-order valence-corrected chi connectivity index (χ4v) is 2.52. The number of halogens is 1. The van der Waals surface area contributed by atoms with E-state index in [1.807, 2.05) is 0 Å². The zero-order chi connectivity index (χ0) is 17.4. The molecule has 1 fully saturated rings. The van der Waals surface area contributed by atoms with Crippen LogP contribution in [0.4, 0.5) is 5.69 Å². The van der Waals surface area contributed by atoms with Crippen molar-refractivity contribution in [3.05, 3.63) is 29.8 Å². The molecule has 0 aromatic heterocycles. The number of piperidine rings is 1. The van der Waals surface area contributed by atoms with Crippen LogP contribution in [0.25, 0.3) is 0 Å². The summed E-state index contributed by atoms with van der Waals surface area (Å²) in [7, 11) is 1.31. The maximum atomic E-state index is 12.2. The van der Waals surface area contributed by atoms with Gasteiger partial charge in [-0.15, -0.1) is 12.4 Å². The minimum absolute atomic E-state index is 0. The van der Waals surface area contributed by atoms with Crippen molar-refractivity contribution in [3.8, 4) is 0 Å². The predicted octanol–water partition coefficient (Wildman–Crippen LogP) is 1.34. The number of methoxy groups -OCH3 is 1. The van der Waals surface area contributed by atoms with E-state index in [9.17, 15) is 14.4 Å². The van der Waals surface area contributed by atoms with Crippen molar-refractivity contribution in [2.45, 2.75) is 19.3 Å². The van der Waals surface area contributed by atoms with Gasteiger partial charge in [0.2, 0.25) is 5.91 Å². The van der Waals surface area contributed by atoms with E-state index in [0.717, 1.165) is 25.9 Å². The van der Waals surface area contributed by atoms with Crippen LogP contribution in [0.5, 0.6) is 0 Å². The van der Waals surface area contributed by atoms with Crippen LogP contribution in [0.2, 0.25) is 0 Å². The van der Waals surface area contributed by atoms with Gasteiger partial charge in [0.15, 0.2) is 0 Å². The second kappa shape index (κ2) is 10.7. The van der Waals surface area contributed by atoms with Gasteiger partial charge in [0, 0.05) is 23.7 Å². The van der Waals surface area contributed by atoms with Crippen LogP contribution in [0, 0.1) is 5.92 Å². The average Bonchev–Trinajstić information content (AvgIpc) is 2.62. The molecule has 0 bridgehead atoms. The summed E-state index contributed by atoms with van der Waals surface area (Å²) >= 11 is 0. The van der Waals surface area contributed by atoms with Crippen LogP contribution in [0.1, 0.15) is 29.6 Å². The van der Waals surface area contributed by atoms with E-state index in [0.29, 0.717) is 11.3 Å². The molecule has 8 heteroatoms. The highest BCUT2D eigenvalue weighted by Gasteiger charge is 2.20. The van der Waals surface area contributed by atoms with Crippen LogP contribution in [0.15, 0.2) is 24.3 Å². The Labute approximate surface area is 153 Å². The summed E-state index contributed by atoms with van der Waals surface area (Å²) in [6, 6.07) is 6.69. The normalized spacial score (nSPS) is 14.1. The van der Waals surface area contributed by atoms with Crippen molar-refractivity contribution in [1.29, 1.82) is 0 Å². The fourth-order valence-electron chi connectivity index (χ4n) is 2.52. The lowest BCUT2D eigenvalue weighted by Gasteiger charge is -2.21. The molecule has 0 atom stereocenters. The Kier molecular flexibility index (Phi) is 8.94. The van der Waals surface area contributed by atoms with Gasteiger partial charge in [0.1, 0.15) is 0 Å². The van der Waals surface area contributed by atoms with E-state index in [1.165, 1.54) is 7.11 Å². The molecule has 1 aliphatic heterocycles. The lowest BCUT2D eigenvalue weighted by atomic mass is 9.97. The van der Waals surface area contributed by atoms with Gasteiger partial charge in [0.05, 0.1) is 13.5 Å². The Hall–Kier alpha value is -2.12. The number of carbonyl (C=O) groups excluding carboxylic acids is 3. The zero-order valence-corrected chi connectivity index (χ0v) is 15.0. The van der Waals surface area contributed by atoms with Gasteiger partial charge in [-0.1, -0.05) is 0 Å². The number of rotatable bonds is 6. The monoisotopic (exact) mass is 369 g/mol. The molecular formula is C17H24ClN3O4. The Bertz CT molecular complexity index is 586. The largest absolute Gasteiger partial charge is 0.469 e. The first kappa shape index (κ1) is 20.9. The maximum Gasteiger partial charge on any atom is 0.307 e. The van der Waals surface area contributed by atoms with E-state index in [1.54, 1.807) is 24.3 Å². The second-order valence-corrected chi connectivity index (χ2v) is 5.67. The predicted molar refractivity (Wildman–Crippen MR) is 96.9 cm³/mol. The molecule has 138 valence electrons. The molecule has 1 aliphatic rings.